The summed E-state index contributed by atoms with van der Waals surface area (Å²) in [5.74, 6) is -0.963. The van der Waals surface area contributed by atoms with Crippen LogP contribution in [-0.2, 0) is 14.3 Å². The molecule has 2 aliphatic rings. The number of methoxy groups -OCH3 is 1. The molecule has 6 nitrogen and oxygen atoms in total. The van der Waals surface area contributed by atoms with Gasteiger partial charge in [-0.25, -0.2) is 4.79 Å². The summed E-state index contributed by atoms with van der Waals surface area (Å²) in [6, 6.07) is -1.56. The molecule has 19 heavy (non-hydrogen) atoms. The molecule has 1 saturated carbocycles. The maximum absolute atomic E-state index is 12.3. The van der Waals surface area contributed by atoms with Crippen LogP contribution in [0.3, 0.4) is 0 Å². The van der Waals surface area contributed by atoms with Gasteiger partial charge in [0.15, 0.2) is 0 Å². The summed E-state index contributed by atoms with van der Waals surface area (Å²) in [6.45, 7) is 6.30. The van der Waals surface area contributed by atoms with Crippen molar-refractivity contribution >= 4 is 11.9 Å². The monoisotopic (exact) mass is 270 g/mol. The van der Waals surface area contributed by atoms with Gasteiger partial charge >= 0.3 is 5.97 Å². The average molecular weight is 270 g/mol. The third kappa shape index (κ3) is 2.03. The number of fused-ring (bicyclic) bond motifs is 1. The molecule has 0 bridgehead atoms. The molecule has 1 aliphatic carbocycles. The van der Waals surface area contributed by atoms with Crippen LogP contribution in [-0.4, -0.2) is 53.7 Å². The summed E-state index contributed by atoms with van der Waals surface area (Å²) >= 11 is 0. The number of amides is 1. The smallest absolute Gasteiger partial charge is 0.326 e. The average Bonchev–Trinajstić information content (AvgIpc) is 2.77. The van der Waals surface area contributed by atoms with Gasteiger partial charge in [0, 0.05) is 19.6 Å². The van der Waals surface area contributed by atoms with Gasteiger partial charge in [0.05, 0.1) is 6.10 Å². The Balaban J connectivity index is 2.14. The van der Waals surface area contributed by atoms with Crippen molar-refractivity contribution in [3.63, 3.8) is 0 Å². The minimum Gasteiger partial charge on any atom is -0.480 e. The van der Waals surface area contributed by atoms with Crippen molar-refractivity contribution in [2.75, 3.05) is 13.7 Å². The molecule has 0 aromatic carbocycles. The summed E-state index contributed by atoms with van der Waals surface area (Å²) in [7, 11) is 1.48. The van der Waals surface area contributed by atoms with Gasteiger partial charge in [0.1, 0.15) is 12.1 Å². The molecule has 6 heteroatoms. The van der Waals surface area contributed by atoms with Crippen molar-refractivity contribution in [2.45, 2.75) is 39.0 Å². The van der Waals surface area contributed by atoms with E-state index in [0.717, 1.165) is 0 Å². The predicted molar refractivity (Wildman–Crippen MR) is 68.3 cm³/mol. The maximum Gasteiger partial charge on any atom is 0.326 e. The lowest BCUT2D eigenvalue weighted by molar-refractivity contribution is -0.152. The number of aliphatic carboxylic acids is 1. The van der Waals surface area contributed by atoms with Gasteiger partial charge < -0.3 is 20.5 Å². The van der Waals surface area contributed by atoms with Gasteiger partial charge in [0.25, 0.3) is 0 Å². The van der Waals surface area contributed by atoms with Crippen molar-refractivity contribution in [3.8, 4) is 0 Å². The number of hydrogen-bond acceptors (Lipinski definition) is 4. The number of rotatable bonds is 4. The first kappa shape index (κ1) is 14.3. The van der Waals surface area contributed by atoms with Gasteiger partial charge in [-0.05, 0) is 18.3 Å². The molecule has 108 valence electrons. The van der Waals surface area contributed by atoms with Crippen LogP contribution in [0.2, 0.25) is 0 Å². The lowest BCUT2D eigenvalue weighted by Crippen LogP contribution is -2.54. The molecule has 1 amide bonds. The third-order valence-electron chi connectivity index (χ3n) is 4.91. The molecule has 0 aromatic heterocycles. The van der Waals surface area contributed by atoms with Crippen molar-refractivity contribution in [1.82, 2.24) is 4.90 Å². The van der Waals surface area contributed by atoms with Crippen LogP contribution in [0, 0.1) is 17.3 Å². The minimum atomic E-state index is -0.941. The number of nitrogens with zero attached hydrogens (tertiary/aromatic N) is 1. The molecule has 2 fully saturated rings. The van der Waals surface area contributed by atoms with Crippen molar-refractivity contribution in [2.24, 2.45) is 23.0 Å². The highest BCUT2D eigenvalue weighted by molar-refractivity contribution is 5.89. The van der Waals surface area contributed by atoms with E-state index in [1.165, 1.54) is 12.0 Å². The highest BCUT2D eigenvalue weighted by Gasteiger charge is 2.69. The Kier molecular flexibility index (Phi) is 3.35. The summed E-state index contributed by atoms with van der Waals surface area (Å²) in [5, 5.41) is 9.37. The highest BCUT2D eigenvalue weighted by atomic mass is 16.5. The first-order valence-corrected chi connectivity index (χ1v) is 6.55. The molecule has 0 radical (unpaired) electrons. The van der Waals surface area contributed by atoms with Crippen LogP contribution in [0.25, 0.3) is 0 Å². The van der Waals surface area contributed by atoms with E-state index in [-0.39, 0.29) is 23.2 Å². The number of piperidine rings is 1. The van der Waals surface area contributed by atoms with Gasteiger partial charge in [0.2, 0.25) is 5.91 Å². The summed E-state index contributed by atoms with van der Waals surface area (Å²) in [6.07, 6.45) is -0.424. The summed E-state index contributed by atoms with van der Waals surface area (Å²) < 4.78 is 5.05. The number of carboxylic acid groups (broad SMARTS) is 1. The van der Waals surface area contributed by atoms with Crippen LogP contribution in [0.15, 0.2) is 0 Å². The topological polar surface area (TPSA) is 92.9 Å². The number of likely N-dealkylation sites (tertiary alicyclic amines) is 1. The molecule has 0 spiro atoms. The first-order valence-electron chi connectivity index (χ1n) is 6.55. The van der Waals surface area contributed by atoms with Gasteiger partial charge in [-0.15, -0.1) is 0 Å². The Labute approximate surface area is 112 Å². The molecule has 1 saturated heterocycles. The molecule has 5 atom stereocenters. The quantitative estimate of drug-likeness (QED) is 0.745. The fourth-order valence-electron chi connectivity index (χ4n) is 3.33. The molecule has 2 rings (SSSR count). The molecule has 0 unspecified atom stereocenters. The summed E-state index contributed by atoms with van der Waals surface area (Å²) in [4.78, 5) is 25.2. The van der Waals surface area contributed by atoms with E-state index in [9.17, 15) is 14.7 Å². The Morgan fingerprint density at radius 1 is 1.47 bits per heavy atom. The normalized spacial score (nSPS) is 34.6. The van der Waals surface area contributed by atoms with E-state index >= 15 is 0 Å². The van der Waals surface area contributed by atoms with E-state index in [0.29, 0.717) is 6.54 Å². The fourth-order valence-corrected chi connectivity index (χ4v) is 3.33. The summed E-state index contributed by atoms with van der Waals surface area (Å²) in [5.41, 5.74) is 5.84. The molecule has 3 N–H and O–H groups in total. The second kappa shape index (κ2) is 4.45. The van der Waals surface area contributed by atoms with Crippen molar-refractivity contribution in [1.29, 1.82) is 0 Å². The third-order valence-corrected chi connectivity index (χ3v) is 4.91. The lowest BCUT2D eigenvalue weighted by atomic mass is 10.00. The predicted octanol–water partition coefficient (Wildman–Crippen LogP) is -0.0838. The Hall–Kier alpha value is -1.14. The SMILES string of the molecule is CO[C@H](C)[C@H](N)C(=O)N1C[C@H]2[C@@H]([C@H]1C(=O)O)C2(C)C. The van der Waals surface area contributed by atoms with Crippen molar-refractivity contribution < 1.29 is 19.4 Å². The Morgan fingerprint density at radius 2 is 2.05 bits per heavy atom. The van der Waals surface area contributed by atoms with E-state index in [1.54, 1.807) is 6.92 Å². The number of hydrogen-bond donors (Lipinski definition) is 2. The fraction of sp³-hybridized carbons (Fsp3) is 0.846. The van der Waals surface area contributed by atoms with Crippen LogP contribution in [0.4, 0.5) is 0 Å². The largest absolute Gasteiger partial charge is 0.480 e. The maximum atomic E-state index is 12.3. The van der Waals surface area contributed by atoms with Crippen LogP contribution >= 0.6 is 0 Å². The van der Waals surface area contributed by atoms with Gasteiger partial charge in [-0.1, -0.05) is 13.8 Å². The van der Waals surface area contributed by atoms with Crippen LogP contribution in [0.1, 0.15) is 20.8 Å². The molecular weight excluding hydrogens is 248 g/mol. The van der Waals surface area contributed by atoms with Crippen LogP contribution in [0.5, 0.6) is 0 Å². The zero-order chi connectivity index (χ0) is 14.5. The standard InChI is InChI=1S/C13H22N2O4/c1-6(19-4)9(14)11(16)15-5-7-8(13(7,2)3)10(15)12(17)18/h6-10H,5,14H2,1-4H3,(H,17,18)/t6-,7+,8+,9+,10+/m1/s1. The van der Waals surface area contributed by atoms with E-state index in [1.807, 2.05) is 0 Å². The Bertz CT molecular complexity index is 409. The zero-order valence-electron chi connectivity index (χ0n) is 11.8. The van der Waals surface area contributed by atoms with E-state index in [2.05, 4.69) is 13.8 Å². The Morgan fingerprint density at radius 3 is 2.53 bits per heavy atom. The number of nitrogens with two attached hydrogens (primary N) is 1. The number of carbonyl (C=O) groups is 2. The van der Waals surface area contributed by atoms with Crippen molar-refractivity contribution in [3.05, 3.63) is 0 Å². The lowest BCUT2D eigenvalue weighted by Gasteiger charge is -2.31. The molecular formula is C13H22N2O4. The number of carbonyl (C=O) groups excluding carboxylic acids is 1. The van der Waals surface area contributed by atoms with Crippen LogP contribution < -0.4 is 5.73 Å². The molecule has 1 aliphatic heterocycles. The van der Waals surface area contributed by atoms with Gasteiger partial charge in [-0.2, -0.15) is 0 Å². The minimum absolute atomic E-state index is 0.0107. The highest BCUT2D eigenvalue weighted by Crippen LogP contribution is 2.64. The second-order valence-corrected chi connectivity index (χ2v) is 6.19. The number of carboxylic acids is 1. The molecule has 1 heterocycles. The zero-order valence-corrected chi connectivity index (χ0v) is 11.8. The second-order valence-electron chi connectivity index (χ2n) is 6.19. The van der Waals surface area contributed by atoms with E-state index < -0.39 is 24.2 Å². The first-order chi connectivity index (χ1) is 8.73. The van der Waals surface area contributed by atoms with Gasteiger partial charge in [-0.3, -0.25) is 4.79 Å². The molecule has 0 aromatic rings. The number of ether oxygens (including phenoxy) is 1. The van der Waals surface area contributed by atoms with E-state index in [4.69, 9.17) is 10.5 Å².